The smallest absolute Gasteiger partial charge is 0.308 e. The molecule has 0 aliphatic heterocycles. The van der Waals surface area contributed by atoms with Crippen molar-refractivity contribution in [1.82, 2.24) is 14.5 Å². The Kier molecular flexibility index (Phi) is 10.7. The van der Waals surface area contributed by atoms with Crippen molar-refractivity contribution in [2.75, 3.05) is 0 Å². The summed E-state index contributed by atoms with van der Waals surface area (Å²) < 4.78 is 171. The Morgan fingerprint density at radius 1 is 0.403 bits per heavy atom. The number of rotatable bonds is 6. The number of halogens is 12. The van der Waals surface area contributed by atoms with Gasteiger partial charge in [0.25, 0.3) is 0 Å². The number of benzene rings is 7. The summed E-state index contributed by atoms with van der Waals surface area (Å²) in [5.74, 6) is 0.155. The molecule has 0 amide bonds. The third-order valence-corrected chi connectivity index (χ3v) is 11.2. The Labute approximate surface area is 371 Å². The highest BCUT2D eigenvalue weighted by molar-refractivity contribution is 6.12. The summed E-state index contributed by atoms with van der Waals surface area (Å²) in [7, 11) is 0. The maximum atomic E-state index is 14.6. The van der Waals surface area contributed by atoms with Crippen molar-refractivity contribution in [2.45, 2.75) is 24.7 Å². The first-order chi connectivity index (χ1) is 31.7. The number of fused-ring (bicyclic) bond motifs is 3. The summed E-state index contributed by atoms with van der Waals surface area (Å²) in [4.78, 5) is 9.85. The van der Waals surface area contributed by atoms with E-state index in [0.717, 1.165) is 11.1 Å². The second kappa shape index (κ2) is 16.2. The molecule has 16 heteroatoms. The van der Waals surface area contributed by atoms with Crippen LogP contribution in [0.5, 0.6) is 0 Å². The molecule has 0 aliphatic carbocycles. The van der Waals surface area contributed by atoms with Crippen LogP contribution in [0.1, 0.15) is 27.8 Å². The van der Waals surface area contributed by atoms with Crippen molar-refractivity contribution in [3.63, 3.8) is 0 Å². The molecule has 334 valence electrons. The summed E-state index contributed by atoms with van der Waals surface area (Å²) >= 11 is 0. The van der Waals surface area contributed by atoms with Crippen LogP contribution in [0.2, 0.25) is 0 Å². The number of hydrogen-bond acceptors (Lipinski definition) is 3. The minimum Gasteiger partial charge on any atom is -0.308 e. The summed E-state index contributed by atoms with van der Waals surface area (Å²) in [6.07, 6.45) is -20.8. The lowest BCUT2D eigenvalue weighted by molar-refractivity contribution is -0.144. The molecule has 9 aromatic rings. The molecule has 2 heterocycles. The molecule has 0 radical (unpaired) electrons. The van der Waals surface area contributed by atoms with Crippen LogP contribution in [0.25, 0.3) is 83.6 Å². The zero-order valence-electron chi connectivity index (χ0n) is 33.8. The van der Waals surface area contributed by atoms with Crippen molar-refractivity contribution in [1.29, 1.82) is 5.26 Å². The van der Waals surface area contributed by atoms with E-state index in [9.17, 15) is 57.9 Å². The monoisotopic (exact) mass is 922 g/mol. The summed E-state index contributed by atoms with van der Waals surface area (Å²) in [5, 5.41) is 10.3. The highest BCUT2D eigenvalue weighted by Crippen LogP contribution is 2.46. The topological polar surface area (TPSA) is 54.5 Å². The van der Waals surface area contributed by atoms with Crippen LogP contribution >= 0.6 is 0 Å². The van der Waals surface area contributed by atoms with E-state index in [1.165, 1.54) is 48.5 Å². The molecule has 0 aliphatic rings. The van der Waals surface area contributed by atoms with Crippen LogP contribution in [0.4, 0.5) is 52.7 Å². The van der Waals surface area contributed by atoms with Gasteiger partial charge >= 0.3 is 24.7 Å². The molecule has 0 fully saturated rings. The molecule has 2 aromatic heterocycles. The quantitative estimate of drug-likeness (QED) is 0.156. The van der Waals surface area contributed by atoms with Gasteiger partial charge in [0, 0.05) is 27.5 Å². The highest BCUT2D eigenvalue weighted by Gasteiger charge is 2.40. The number of alkyl halides is 12. The molecule has 0 unspecified atom stereocenters. The van der Waals surface area contributed by atoms with Crippen LogP contribution in [0.15, 0.2) is 158 Å². The standard InChI is InChI=1S/C51H26F12N4/c52-48(53,54)33-14-17-35(40(24-33)50(58,59)60)31-12-19-44-38(22-31)39-23-32(36-18-15-34(49(55,56)57)25-41(36)51(61,62)63)13-20-45(39)67(44)46-21-28(27-64)11-16-37(46)47-65-42(29-7-3-1-4-8-29)26-43(66-47)30-9-5-2-6-10-30/h1-26H. The molecule has 0 bridgehead atoms. The molecule has 0 N–H and O–H groups in total. The normalized spacial score (nSPS) is 12.5. The number of aromatic nitrogens is 3. The molecule has 0 spiro atoms. The largest absolute Gasteiger partial charge is 0.417 e. The number of nitriles is 1. The van der Waals surface area contributed by atoms with Gasteiger partial charge in [0.2, 0.25) is 0 Å². The molecule has 9 rings (SSSR count). The van der Waals surface area contributed by atoms with Gasteiger partial charge in [-0.25, -0.2) is 9.97 Å². The average Bonchev–Trinajstić information content (AvgIpc) is 3.63. The van der Waals surface area contributed by atoms with Crippen molar-refractivity contribution < 1.29 is 52.7 Å². The van der Waals surface area contributed by atoms with Crippen LogP contribution in [0, 0.1) is 11.3 Å². The van der Waals surface area contributed by atoms with Crippen LogP contribution in [-0.4, -0.2) is 14.5 Å². The maximum Gasteiger partial charge on any atom is 0.417 e. The van der Waals surface area contributed by atoms with Crippen molar-refractivity contribution in [2.24, 2.45) is 0 Å². The Hall–Kier alpha value is -7.93. The maximum absolute atomic E-state index is 14.6. The molecule has 67 heavy (non-hydrogen) atoms. The van der Waals surface area contributed by atoms with Crippen molar-refractivity contribution >= 4 is 21.8 Å². The fraction of sp³-hybridized carbons (Fsp3) is 0.0784. The van der Waals surface area contributed by atoms with Gasteiger partial charge in [0.05, 0.1) is 62.0 Å². The summed E-state index contributed by atoms with van der Waals surface area (Å²) in [6.45, 7) is 0. The van der Waals surface area contributed by atoms with E-state index >= 15 is 0 Å². The highest BCUT2D eigenvalue weighted by atomic mass is 19.4. The predicted octanol–water partition coefficient (Wildman–Crippen LogP) is 15.9. The molecular weight excluding hydrogens is 897 g/mol. The average molecular weight is 923 g/mol. The first kappa shape index (κ1) is 44.3. The van der Waals surface area contributed by atoms with E-state index in [-0.39, 0.29) is 62.1 Å². The molecule has 7 aromatic carbocycles. The Balaban J connectivity index is 1.36. The number of hydrogen-bond donors (Lipinski definition) is 0. The van der Waals surface area contributed by atoms with E-state index < -0.39 is 58.1 Å². The van der Waals surface area contributed by atoms with Gasteiger partial charge in [-0.15, -0.1) is 0 Å². The molecule has 4 nitrogen and oxygen atoms in total. The third kappa shape index (κ3) is 8.44. The fourth-order valence-corrected chi connectivity index (χ4v) is 8.09. The second-order valence-corrected chi connectivity index (χ2v) is 15.3. The van der Waals surface area contributed by atoms with Gasteiger partial charge in [0.15, 0.2) is 5.82 Å². The second-order valence-electron chi connectivity index (χ2n) is 15.3. The van der Waals surface area contributed by atoms with Gasteiger partial charge in [-0.05, 0) is 95.1 Å². The van der Waals surface area contributed by atoms with E-state index in [1.54, 1.807) is 16.7 Å². The Morgan fingerprint density at radius 2 is 0.836 bits per heavy atom. The zero-order valence-corrected chi connectivity index (χ0v) is 33.8. The Bertz CT molecular complexity index is 3230. The first-order valence-electron chi connectivity index (χ1n) is 19.9. The predicted molar refractivity (Wildman–Crippen MR) is 228 cm³/mol. The van der Waals surface area contributed by atoms with Crippen molar-refractivity contribution in [3.05, 3.63) is 186 Å². The molecular formula is C51H26F12N4. The lowest BCUT2D eigenvalue weighted by Crippen LogP contribution is -2.12. The van der Waals surface area contributed by atoms with Gasteiger partial charge in [0.1, 0.15) is 0 Å². The minimum absolute atomic E-state index is 0.0167. The van der Waals surface area contributed by atoms with Crippen LogP contribution in [0.3, 0.4) is 0 Å². The molecule has 0 saturated heterocycles. The summed E-state index contributed by atoms with van der Waals surface area (Å²) in [5.41, 5.74) is -4.51. The third-order valence-electron chi connectivity index (χ3n) is 11.2. The van der Waals surface area contributed by atoms with Gasteiger partial charge in [-0.2, -0.15) is 57.9 Å². The SMILES string of the molecule is N#Cc1ccc(-c2nc(-c3ccccc3)cc(-c3ccccc3)n2)c(-n2c3ccc(-c4ccc(C(F)(F)F)cc4C(F)(F)F)cc3c3cc(-c4ccc(C(F)(F)F)cc4C(F)(F)F)ccc32)c1. The van der Waals surface area contributed by atoms with Crippen LogP contribution < -0.4 is 0 Å². The minimum atomic E-state index is -5.27. The fourth-order valence-electron chi connectivity index (χ4n) is 8.09. The first-order valence-corrected chi connectivity index (χ1v) is 19.9. The van der Waals surface area contributed by atoms with Gasteiger partial charge in [-0.1, -0.05) is 84.9 Å². The van der Waals surface area contributed by atoms with E-state index in [2.05, 4.69) is 6.07 Å². The summed E-state index contributed by atoms with van der Waals surface area (Å²) in [6, 6.07) is 36.7. The van der Waals surface area contributed by atoms with Gasteiger partial charge in [-0.3, -0.25) is 0 Å². The molecule has 0 atom stereocenters. The van der Waals surface area contributed by atoms with Crippen LogP contribution in [-0.2, 0) is 24.7 Å². The lowest BCUT2D eigenvalue weighted by Gasteiger charge is -2.17. The lowest BCUT2D eigenvalue weighted by atomic mass is 9.94. The Morgan fingerprint density at radius 3 is 1.24 bits per heavy atom. The molecule has 0 saturated carbocycles. The zero-order chi connectivity index (χ0) is 47.6. The van der Waals surface area contributed by atoms with E-state index in [0.29, 0.717) is 41.2 Å². The number of nitrogens with zero attached hydrogens (tertiary/aromatic N) is 4. The van der Waals surface area contributed by atoms with E-state index in [1.807, 2.05) is 60.7 Å². The van der Waals surface area contributed by atoms with E-state index in [4.69, 9.17) is 9.97 Å². The van der Waals surface area contributed by atoms with Crippen molar-refractivity contribution in [3.8, 4) is 67.9 Å². The van der Waals surface area contributed by atoms with Gasteiger partial charge < -0.3 is 4.57 Å².